The molecular formula is C10H14FN3. The van der Waals surface area contributed by atoms with Crippen molar-refractivity contribution in [3.05, 3.63) is 24.3 Å². The van der Waals surface area contributed by atoms with Crippen LogP contribution >= 0.6 is 0 Å². The van der Waals surface area contributed by atoms with Crippen LogP contribution in [0.25, 0.3) is 0 Å². The van der Waals surface area contributed by atoms with Gasteiger partial charge in [-0.05, 0) is 19.0 Å². The Hall–Kier alpha value is -1.16. The summed E-state index contributed by atoms with van der Waals surface area (Å²) in [5.74, 6) is -0.227. The van der Waals surface area contributed by atoms with Gasteiger partial charge in [-0.3, -0.25) is 4.98 Å². The van der Waals surface area contributed by atoms with Crippen LogP contribution in [-0.2, 0) is 0 Å². The molecule has 2 rings (SSSR count). The first-order valence-corrected chi connectivity index (χ1v) is 4.93. The van der Waals surface area contributed by atoms with E-state index in [1.807, 2.05) is 0 Å². The average molecular weight is 195 g/mol. The van der Waals surface area contributed by atoms with E-state index in [2.05, 4.69) is 15.2 Å². The Bertz CT molecular complexity index is 295. The lowest BCUT2D eigenvalue weighted by atomic mass is 10.3. The van der Waals surface area contributed by atoms with Crippen LogP contribution in [0.5, 0.6) is 0 Å². The van der Waals surface area contributed by atoms with Crippen molar-refractivity contribution in [2.75, 3.05) is 31.1 Å². The summed E-state index contributed by atoms with van der Waals surface area (Å²) in [5, 5.41) is 3.29. The number of rotatable bonds is 1. The van der Waals surface area contributed by atoms with E-state index in [9.17, 15) is 4.39 Å². The van der Waals surface area contributed by atoms with Gasteiger partial charge in [0.2, 0.25) is 0 Å². The van der Waals surface area contributed by atoms with Crippen molar-refractivity contribution < 1.29 is 4.39 Å². The highest BCUT2D eigenvalue weighted by Gasteiger charge is 2.12. The van der Waals surface area contributed by atoms with Crippen LogP contribution in [0.2, 0.25) is 0 Å². The van der Waals surface area contributed by atoms with Gasteiger partial charge in [0.05, 0.1) is 11.9 Å². The van der Waals surface area contributed by atoms with E-state index in [-0.39, 0.29) is 5.82 Å². The Labute approximate surface area is 82.9 Å². The van der Waals surface area contributed by atoms with Gasteiger partial charge in [-0.25, -0.2) is 4.39 Å². The number of hydrogen-bond acceptors (Lipinski definition) is 3. The SMILES string of the molecule is Fc1cnccc1N1CCCNCC1. The topological polar surface area (TPSA) is 28.2 Å². The second-order valence-electron chi connectivity index (χ2n) is 3.42. The van der Waals surface area contributed by atoms with Crippen LogP contribution in [0.15, 0.2) is 18.5 Å². The fraction of sp³-hybridized carbons (Fsp3) is 0.500. The van der Waals surface area contributed by atoms with Crippen molar-refractivity contribution in [3.8, 4) is 0 Å². The highest BCUT2D eigenvalue weighted by Crippen LogP contribution is 2.17. The predicted octanol–water partition coefficient (Wildman–Crippen LogP) is 1.02. The normalized spacial score (nSPS) is 17.9. The van der Waals surface area contributed by atoms with Gasteiger partial charge in [0.25, 0.3) is 0 Å². The Balaban J connectivity index is 2.16. The van der Waals surface area contributed by atoms with Crippen LogP contribution in [0.1, 0.15) is 6.42 Å². The minimum absolute atomic E-state index is 0.227. The zero-order chi connectivity index (χ0) is 9.80. The minimum Gasteiger partial charge on any atom is -0.368 e. The van der Waals surface area contributed by atoms with Gasteiger partial charge in [0.15, 0.2) is 5.82 Å². The second kappa shape index (κ2) is 4.37. The van der Waals surface area contributed by atoms with Crippen LogP contribution in [0.4, 0.5) is 10.1 Å². The molecule has 14 heavy (non-hydrogen) atoms. The van der Waals surface area contributed by atoms with Crippen molar-refractivity contribution in [1.29, 1.82) is 0 Å². The molecule has 1 saturated heterocycles. The van der Waals surface area contributed by atoms with Gasteiger partial charge in [0, 0.05) is 25.8 Å². The first kappa shape index (κ1) is 9.40. The summed E-state index contributed by atoms with van der Waals surface area (Å²) >= 11 is 0. The molecule has 0 spiro atoms. The van der Waals surface area contributed by atoms with Crippen LogP contribution < -0.4 is 10.2 Å². The molecule has 0 atom stereocenters. The molecule has 0 radical (unpaired) electrons. The maximum atomic E-state index is 13.4. The fourth-order valence-electron chi connectivity index (χ4n) is 1.71. The van der Waals surface area contributed by atoms with Gasteiger partial charge in [-0.15, -0.1) is 0 Å². The summed E-state index contributed by atoms with van der Waals surface area (Å²) < 4.78 is 13.4. The first-order chi connectivity index (χ1) is 6.88. The third-order valence-electron chi connectivity index (χ3n) is 2.43. The largest absolute Gasteiger partial charge is 0.368 e. The zero-order valence-corrected chi connectivity index (χ0v) is 8.04. The molecule has 0 aliphatic carbocycles. The van der Waals surface area contributed by atoms with Crippen molar-refractivity contribution in [1.82, 2.24) is 10.3 Å². The number of nitrogens with one attached hydrogen (secondary N) is 1. The Kier molecular flexibility index (Phi) is 2.93. The van der Waals surface area contributed by atoms with E-state index >= 15 is 0 Å². The number of pyridine rings is 1. The molecule has 1 N–H and O–H groups in total. The quantitative estimate of drug-likeness (QED) is 0.725. The Morgan fingerprint density at radius 3 is 3.14 bits per heavy atom. The summed E-state index contributed by atoms with van der Waals surface area (Å²) in [5.41, 5.74) is 0.670. The average Bonchev–Trinajstić information content (AvgIpc) is 2.47. The third-order valence-corrected chi connectivity index (χ3v) is 2.43. The van der Waals surface area contributed by atoms with Crippen molar-refractivity contribution in [2.24, 2.45) is 0 Å². The van der Waals surface area contributed by atoms with Gasteiger partial charge < -0.3 is 10.2 Å². The van der Waals surface area contributed by atoms with E-state index in [1.165, 1.54) is 6.20 Å². The molecule has 1 aromatic heterocycles. The maximum absolute atomic E-state index is 13.4. The molecule has 0 amide bonds. The highest BCUT2D eigenvalue weighted by molar-refractivity contribution is 5.46. The molecule has 1 aliphatic rings. The van der Waals surface area contributed by atoms with Crippen LogP contribution in [0.3, 0.4) is 0 Å². The van der Waals surface area contributed by atoms with Gasteiger partial charge in [-0.1, -0.05) is 0 Å². The third kappa shape index (κ3) is 2.01. The molecule has 4 heteroatoms. The number of nitrogens with zero attached hydrogens (tertiary/aromatic N) is 2. The van der Waals surface area contributed by atoms with Gasteiger partial charge in [-0.2, -0.15) is 0 Å². The number of anilines is 1. The predicted molar refractivity (Wildman–Crippen MR) is 53.9 cm³/mol. The van der Waals surface area contributed by atoms with Crippen LogP contribution in [0, 0.1) is 5.82 Å². The lowest BCUT2D eigenvalue weighted by Crippen LogP contribution is -2.28. The standard InChI is InChI=1S/C10H14FN3/c11-9-8-13-4-2-10(9)14-6-1-3-12-5-7-14/h2,4,8,12H,1,3,5-7H2. The zero-order valence-electron chi connectivity index (χ0n) is 8.04. The lowest BCUT2D eigenvalue weighted by Gasteiger charge is -2.22. The van der Waals surface area contributed by atoms with E-state index in [0.717, 1.165) is 32.6 Å². The fourth-order valence-corrected chi connectivity index (χ4v) is 1.71. The smallest absolute Gasteiger partial charge is 0.164 e. The first-order valence-electron chi connectivity index (χ1n) is 4.93. The van der Waals surface area contributed by atoms with Gasteiger partial charge in [0.1, 0.15) is 0 Å². The molecule has 3 nitrogen and oxygen atoms in total. The number of hydrogen-bond donors (Lipinski definition) is 1. The summed E-state index contributed by atoms with van der Waals surface area (Å²) in [6, 6.07) is 1.74. The molecule has 0 saturated carbocycles. The summed E-state index contributed by atoms with van der Waals surface area (Å²) in [6.45, 7) is 3.71. The summed E-state index contributed by atoms with van der Waals surface area (Å²) in [7, 11) is 0. The number of aromatic nitrogens is 1. The van der Waals surface area contributed by atoms with E-state index in [1.54, 1.807) is 12.3 Å². The molecule has 76 valence electrons. The maximum Gasteiger partial charge on any atom is 0.164 e. The second-order valence-corrected chi connectivity index (χ2v) is 3.42. The van der Waals surface area contributed by atoms with E-state index in [0.29, 0.717) is 5.69 Å². The lowest BCUT2D eigenvalue weighted by molar-refractivity contribution is 0.612. The van der Waals surface area contributed by atoms with Gasteiger partial charge >= 0.3 is 0 Å². The summed E-state index contributed by atoms with van der Waals surface area (Å²) in [4.78, 5) is 5.81. The Morgan fingerprint density at radius 2 is 2.29 bits per heavy atom. The van der Waals surface area contributed by atoms with E-state index < -0.39 is 0 Å². The molecule has 0 unspecified atom stereocenters. The van der Waals surface area contributed by atoms with E-state index in [4.69, 9.17) is 0 Å². The van der Waals surface area contributed by atoms with Crippen molar-refractivity contribution in [2.45, 2.75) is 6.42 Å². The molecule has 1 fully saturated rings. The molecular weight excluding hydrogens is 181 g/mol. The van der Waals surface area contributed by atoms with Crippen molar-refractivity contribution in [3.63, 3.8) is 0 Å². The molecule has 2 heterocycles. The molecule has 1 aliphatic heterocycles. The molecule has 1 aromatic rings. The summed E-state index contributed by atoms with van der Waals surface area (Å²) in [6.07, 6.45) is 3.96. The highest BCUT2D eigenvalue weighted by atomic mass is 19.1. The number of halogens is 1. The van der Waals surface area contributed by atoms with Crippen LogP contribution in [-0.4, -0.2) is 31.2 Å². The minimum atomic E-state index is -0.227. The Morgan fingerprint density at radius 1 is 1.36 bits per heavy atom. The molecule has 0 bridgehead atoms. The monoisotopic (exact) mass is 195 g/mol. The molecule has 0 aromatic carbocycles. The van der Waals surface area contributed by atoms with Crippen molar-refractivity contribution >= 4 is 5.69 Å².